The van der Waals surface area contributed by atoms with Gasteiger partial charge in [0.2, 0.25) is 5.13 Å². The number of hydrogen-bond donors (Lipinski definition) is 3. The van der Waals surface area contributed by atoms with E-state index in [0.717, 1.165) is 11.3 Å². The number of thiazole rings is 1. The van der Waals surface area contributed by atoms with Crippen molar-refractivity contribution < 1.29 is 30.7 Å². The van der Waals surface area contributed by atoms with E-state index in [4.69, 9.17) is 10.5 Å². The summed E-state index contributed by atoms with van der Waals surface area (Å²) in [6.45, 7) is 1.65. The lowest BCUT2D eigenvalue weighted by Crippen LogP contribution is -2.05. The van der Waals surface area contributed by atoms with Crippen molar-refractivity contribution in [3.8, 4) is 11.4 Å². The number of hydrogen-bond acceptors (Lipinski definition) is 11. The number of anilines is 1. The van der Waals surface area contributed by atoms with Crippen molar-refractivity contribution in [2.75, 3.05) is 12.8 Å². The first-order chi connectivity index (χ1) is 17.9. The molecule has 0 amide bonds. The molecule has 2 heterocycles. The normalized spacial score (nSPS) is 12.6. The molecule has 13 nitrogen and oxygen atoms in total. The van der Waals surface area contributed by atoms with Gasteiger partial charge in [0.05, 0.1) is 28.7 Å². The molecule has 0 bridgehead atoms. The summed E-state index contributed by atoms with van der Waals surface area (Å²) < 4.78 is 73.4. The summed E-state index contributed by atoms with van der Waals surface area (Å²) in [5.74, 6) is 0.0539. The van der Waals surface area contributed by atoms with Crippen molar-refractivity contribution in [2.45, 2.75) is 16.7 Å². The van der Waals surface area contributed by atoms with Crippen molar-refractivity contribution in [1.29, 1.82) is 0 Å². The number of aryl methyl sites for hydroxylation is 1. The van der Waals surface area contributed by atoms with E-state index in [0.29, 0.717) is 16.8 Å². The minimum Gasteiger partial charge on any atom is -0.495 e. The van der Waals surface area contributed by atoms with Crippen LogP contribution in [0.1, 0.15) is 5.69 Å². The molecule has 0 saturated heterocycles. The standard InChI is InChI=1S/C22H18N6O7S3/c1-11-18(25-26-22-24-14-7-9-16(35-2)20(19(14)36-22)38(32,33)34)21(23)28(27-11)15-8-10-17(37(29,30)31)13-6-4-3-5-12(13)15/h3-10H,23H2,1-2H3,(H,29,30,31)(H,32,33,34). The maximum absolute atomic E-state index is 11.9. The molecule has 0 fully saturated rings. The number of fused-ring (bicyclic) bond motifs is 2. The van der Waals surface area contributed by atoms with Gasteiger partial charge in [0.15, 0.2) is 16.4 Å². The number of nitrogens with two attached hydrogens (primary N) is 1. The molecule has 196 valence electrons. The molecule has 0 saturated carbocycles. The summed E-state index contributed by atoms with van der Waals surface area (Å²) in [6.07, 6.45) is 0. The average Bonchev–Trinajstić information content (AvgIpc) is 3.39. The van der Waals surface area contributed by atoms with Crippen LogP contribution in [-0.4, -0.2) is 47.8 Å². The Morgan fingerprint density at radius 2 is 1.68 bits per heavy atom. The first kappa shape index (κ1) is 25.7. The molecule has 3 aromatic carbocycles. The Morgan fingerprint density at radius 1 is 0.974 bits per heavy atom. The van der Waals surface area contributed by atoms with Gasteiger partial charge in [0.1, 0.15) is 10.6 Å². The number of ether oxygens (including phenoxy) is 1. The van der Waals surface area contributed by atoms with E-state index in [1.807, 2.05) is 0 Å². The third-order valence-corrected chi connectivity index (χ3v) is 8.54. The smallest absolute Gasteiger partial charge is 0.299 e. The van der Waals surface area contributed by atoms with E-state index in [1.165, 1.54) is 36.1 Å². The predicted molar refractivity (Wildman–Crippen MR) is 140 cm³/mol. The largest absolute Gasteiger partial charge is 0.495 e. The second kappa shape index (κ2) is 9.10. The van der Waals surface area contributed by atoms with Crippen LogP contribution in [0.4, 0.5) is 16.6 Å². The lowest BCUT2D eigenvalue weighted by molar-refractivity contribution is 0.399. The number of rotatable bonds is 6. The van der Waals surface area contributed by atoms with Gasteiger partial charge in [-0.25, -0.2) is 9.67 Å². The van der Waals surface area contributed by atoms with Gasteiger partial charge in [0, 0.05) is 10.8 Å². The number of benzene rings is 3. The van der Waals surface area contributed by atoms with Gasteiger partial charge in [-0.15, -0.1) is 10.2 Å². The Bertz CT molecular complexity index is 2000. The van der Waals surface area contributed by atoms with Crippen molar-refractivity contribution in [2.24, 2.45) is 10.2 Å². The third kappa shape index (κ3) is 4.37. The number of methoxy groups -OCH3 is 1. The molecular formula is C22H18N6O7S3. The van der Waals surface area contributed by atoms with E-state index < -0.39 is 25.1 Å². The lowest BCUT2D eigenvalue weighted by atomic mass is 10.1. The van der Waals surface area contributed by atoms with Crippen LogP contribution in [0.25, 0.3) is 26.7 Å². The highest BCUT2D eigenvalue weighted by molar-refractivity contribution is 7.86. The molecule has 38 heavy (non-hydrogen) atoms. The lowest BCUT2D eigenvalue weighted by Gasteiger charge is -2.11. The van der Waals surface area contributed by atoms with Crippen LogP contribution in [0.3, 0.4) is 0 Å². The summed E-state index contributed by atoms with van der Waals surface area (Å²) in [4.78, 5) is 3.58. The molecule has 0 spiro atoms. The van der Waals surface area contributed by atoms with E-state index in [1.54, 1.807) is 31.2 Å². The van der Waals surface area contributed by atoms with Crippen LogP contribution in [0, 0.1) is 6.92 Å². The van der Waals surface area contributed by atoms with E-state index in [2.05, 4.69) is 20.3 Å². The van der Waals surface area contributed by atoms with Crippen molar-refractivity contribution in [3.63, 3.8) is 0 Å². The monoisotopic (exact) mass is 574 g/mol. The fourth-order valence-electron chi connectivity index (χ4n) is 3.99. The van der Waals surface area contributed by atoms with Crippen molar-refractivity contribution >= 4 is 69.2 Å². The van der Waals surface area contributed by atoms with Crippen LogP contribution >= 0.6 is 11.3 Å². The van der Waals surface area contributed by atoms with Gasteiger partial charge in [-0.3, -0.25) is 9.11 Å². The first-order valence-electron chi connectivity index (χ1n) is 10.6. The van der Waals surface area contributed by atoms with Crippen LogP contribution in [-0.2, 0) is 20.2 Å². The topological polar surface area (TPSA) is 199 Å². The molecule has 0 aliphatic carbocycles. The number of nitrogens with zero attached hydrogens (tertiary/aromatic N) is 5. The number of aromatic nitrogens is 3. The number of azo groups is 1. The summed E-state index contributed by atoms with van der Waals surface area (Å²) in [6, 6.07) is 12.2. The van der Waals surface area contributed by atoms with Gasteiger partial charge in [-0.2, -0.15) is 21.9 Å². The Morgan fingerprint density at radius 3 is 2.34 bits per heavy atom. The second-order valence-electron chi connectivity index (χ2n) is 7.95. The zero-order valence-corrected chi connectivity index (χ0v) is 22.0. The summed E-state index contributed by atoms with van der Waals surface area (Å²) in [7, 11) is -7.80. The molecule has 0 atom stereocenters. The van der Waals surface area contributed by atoms with Crippen molar-refractivity contribution in [3.05, 3.63) is 54.2 Å². The van der Waals surface area contributed by atoms with E-state index in [9.17, 15) is 25.9 Å². The maximum atomic E-state index is 11.9. The SMILES string of the molecule is COc1ccc2nc(N=Nc3c(C)nn(-c4ccc(S(=O)(=O)O)c5ccccc45)c3N)sc2c1S(=O)(=O)O. The summed E-state index contributed by atoms with van der Waals surface area (Å²) >= 11 is 0.881. The highest BCUT2D eigenvalue weighted by Gasteiger charge is 2.24. The molecule has 2 aromatic heterocycles. The van der Waals surface area contributed by atoms with Gasteiger partial charge < -0.3 is 10.5 Å². The molecule has 16 heteroatoms. The highest BCUT2D eigenvalue weighted by Crippen LogP contribution is 2.40. The molecule has 0 aliphatic heterocycles. The fraction of sp³-hybridized carbons (Fsp3) is 0.0909. The zero-order chi connectivity index (χ0) is 27.4. The first-order valence-corrected chi connectivity index (χ1v) is 14.3. The van der Waals surface area contributed by atoms with E-state index >= 15 is 0 Å². The molecule has 4 N–H and O–H groups in total. The average molecular weight is 575 g/mol. The summed E-state index contributed by atoms with van der Waals surface area (Å²) in [5, 5.41) is 13.5. The Balaban J connectivity index is 1.60. The molecule has 5 aromatic rings. The van der Waals surface area contributed by atoms with E-state index in [-0.39, 0.29) is 42.9 Å². The third-order valence-electron chi connectivity index (χ3n) is 5.61. The van der Waals surface area contributed by atoms with Crippen LogP contribution in [0.15, 0.2) is 68.6 Å². The number of nitrogen functional groups attached to an aromatic ring is 1. The zero-order valence-electron chi connectivity index (χ0n) is 19.6. The predicted octanol–water partition coefficient (Wildman–Crippen LogP) is 4.44. The molecule has 0 aliphatic rings. The van der Waals surface area contributed by atoms with Gasteiger partial charge in [-0.1, -0.05) is 35.6 Å². The minimum absolute atomic E-state index is 0.0410. The summed E-state index contributed by atoms with van der Waals surface area (Å²) in [5.41, 5.74) is 7.66. The molecule has 5 rings (SSSR count). The quantitative estimate of drug-likeness (QED) is 0.192. The van der Waals surface area contributed by atoms with Crippen LogP contribution < -0.4 is 10.5 Å². The molecule has 0 radical (unpaired) electrons. The van der Waals surface area contributed by atoms with Gasteiger partial charge in [-0.05, 0) is 31.2 Å². The molecule has 0 unspecified atom stereocenters. The second-order valence-corrected chi connectivity index (χ2v) is 11.7. The van der Waals surface area contributed by atoms with Crippen LogP contribution in [0.5, 0.6) is 5.75 Å². The Hall–Kier alpha value is -3.96. The fourth-order valence-corrected chi connectivity index (χ4v) is 6.69. The Kier molecular flexibility index (Phi) is 6.15. The van der Waals surface area contributed by atoms with Crippen molar-refractivity contribution in [1.82, 2.24) is 14.8 Å². The van der Waals surface area contributed by atoms with Gasteiger partial charge in [0.25, 0.3) is 20.2 Å². The highest BCUT2D eigenvalue weighted by atomic mass is 32.2. The van der Waals surface area contributed by atoms with Gasteiger partial charge >= 0.3 is 0 Å². The molecular weight excluding hydrogens is 556 g/mol. The van der Waals surface area contributed by atoms with Crippen LogP contribution in [0.2, 0.25) is 0 Å². The Labute approximate surface area is 219 Å². The maximum Gasteiger partial charge on any atom is 0.299 e. The minimum atomic E-state index is -4.61.